The number of methoxy groups -OCH3 is 1. The first-order valence-electron chi connectivity index (χ1n) is 7.00. The Morgan fingerprint density at radius 1 is 1.14 bits per heavy atom. The van der Waals surface area contributed by atoms with Crippen LogP contribution in [0.2, 0.25) is 0 Å². The Labute approximate surface area is 133 Å². The van der Waals surface area contributed by atoms with Gasteiger partial charge in [0, 0.05) is 34.4 Å². The third-order valence-electron chi connectivity index (χ3n) is 3.34. The Bertz CT molecular complexity index is 769. The van der Waals surface area contributed by atoms with E-state index in [-0.39, 0.29) is 6.04 Å². The van der Waals surface area contributed by atoms with E-state index in [1.165, 1.54) is 0 Å². The van der Waals surface area contributed by atoms with Crippen LogP contribution < -0.4 is 10.5 Å². The number of pyridine rings is 1. The Morgan fingerprint density at radius 2 is 1.91 bits per heavy atom. The Balaban J connectivity index is 2.12. The number of benzene rings is 1. The lowest BCUT2D eigenvalue weighted by Gasteiger charge is -2.06. The van der Waals surface area contributed by atoms with Crippen LogP contribution in [-0.2, 0) is 0 Å². The van der Waals surface area contributed by atoms with Gasteiger partial charge in [-0.3, -0.25) is 4.98 Å². The first-order valence-corrected chi connectivity index (χ1v) is 7.82. The second kappa shape index (κ2) is 6.25. The molecule has 3 rings (SSSR count). The van der Waals surface area contributed by atoms with Gasteiger partial charge in [-0.1, -0.05) is 12.1 Å². The molecule has 3 aromatic rings. The van der Waals surface area contributed by atoms with Crippen molar-refractivity contribution >= 4 is 11.3 Å². The molecule has 22 heavy (non-hydrogen) atoms. The largest absolute Gasteiger partial charge is 0.497 e. The molecule has 0 aliphatic carbocycles. The van der Waals surface area contributed by atoms with E-state index in [1.54, 1.807) is 30.8 Å². The van der Waals surface area contributed by atoms with Crippen LogP contribution in [0.5, 0.6) is 5.75 Å². The van der Waals surface area contributed by atoms with Crippen LogP contribution in [0.25, 0.3) is 21.8 Å². The zero-order valence-corrected chi connectivity index (χ0v) is 13.3. The van der Waals surface area contributed by atoms with Crippen LogP contribution in [-0.4, -0.2) is 17.1 Å². The minimum atomic E-state index is -0.0747. The SMILES string of the molecule is COc1cccc(-c2nc(-c3ccncc3)sc2C(C)N)c1. The molecule has 0 bridgehead atoms. The highest BCUT2D eigenvalue weighted by molar-refractivity contribution is 7.15. The molecule has 0 saturated carbocycles. The molecule has 0 radical (unpaired) electrons. The molecule has 1 unspecified atom stereocenters. The molecule has 112 valence electrons. The van der Waals surface area contributed by atoms with Gasteiger partial charge in [-0.2, -0.15) is 0 Å². The molecule has 0 aliphatic heterocycles. The quantitative estimate of drug-likeness (QED) is 0.794. The van der Waals surface area contributed by atoms with Gasteiger partial charge < -0.3 is 10.5 Å². The highest BCUT2D eigenvalue weighted by atomic mass is 32.1. The summed E-state index contributed by atoms with van der Waals surface area (Å²) in [6, 6.07) is 11.7. The smallest absolute Gasteiger partial charge is 0.124 e. The van der Waals surface area contributed by atoms with Crippen molar-refractivity contribution < 1.29 is 4.74 Å². The van der Waals surface area contributed by atoms with Crippen molar-refractivity contribution in [2.45, 2.75) is 13.0 Å². The average Bonchev–Trinajstić information content (AvgIpc) is 3.01. The van der Waals surface area contributed by atoms with Crippen molar-refractivity contribution in [1.29, 1.82) is 0 Å². The van der Waals surface area contributed by atoms with E-state index < -0.39 is 0 Å². The van der Waals surface area contributed by atoms with Crippen molar-refractivity contribution in [3.8, 4) is 27.6 Å². The van der Waals surface area contributed by atoms with Gasteiger partial charge in [0.1, 0.15) is 10.8 Å². The van der Waals surface area contributed by atoms with E-state index in [2.05, 4.69) is 4.98 Å². The van der Waals surface area contributed by atoms with Gasteiger partial charge in [-0.05, 0) is 31.2 Å². The standard InChI is InChI=1S/C17H17N3OS/c1-11(18)16-15(13-4-3-5-14(10-13)21-2)20-17(22-16)12-6-8-19-9-7-12/h3-11H,18H2,1-2H3. The number of nitrogens with zero attached hydrogens (tertiary/aromatic N) is 2. The maximum absolute atomic E-state index is 6.14. The highest BCUT2D eigenvalue weighted by Gasteiger charge is 2.17. The summed E-state index contributed by atoms with van der Waals surface area (Å²) in [7, 11) is 1.66. The number of aromatic nitrogens is 2. The number of hydrogen-bond acceptors (Lipinski definition) is 5. The number of hydrogen-bond donors (Lipinski definition) is 1. The van der Waals surface area contributed by atoms with Gasteiger partial charge in [0.2, 0.25) is 0 Å². The predicted octanol–water partition coefficient (Wildman–Crippen LogP) is 3.90. The Hall–Kier alpha value is -2.24. The summed E-state index contributed by atoms with van der Waals surface area (Å²) in [4.78, 5) is 9.92. The van der Waals surface area contributed by atoms with Crippen LogP contribution in [0.3, 0.4) is 0 Å². The van der Waals surface area contributed by atoms with E-state index >= 15 is 0 Å². The maximum Gasteiger partial charge on any atom is 0.124 e. The van der Waals surface area contributed by atoms with Gasteiger partial charge in [-0.15, -0.1) is 11.3 Å². The van der Waals surface area contributed by atoms with E-state index in [4.69, 9.17) is 15.5 Å². The zero-order chi connectivity index (χ0) is 15.5. The van der Waals surface area contributed by atoms with E-state index in [0.717, 1.165) is 32.5 Å². The van der Waals surface area contributed by atoms with Gasteiger partial charge in [0.25, 0.3) is 0 Å². The molecule has 2 N–H and O–H groups in total. The average molecular weight is 311 g/mol. The summed E-state index contributed by atoms with van der Waals surface area (Å²) in [5.74, 6) is 0.812. The molecule has 0 saturated heterocycles. The zero-order valence-electron chi connectivity index (χ0n) is 12.5. The van der Waals surface area contributed by atoms with Crippen molar-refractivity contribution in [2.75, 3.05) is 7.11 Å². The van der Waals surface area contributed by atoms with Crippen molar-refractivity contribution in [1.82, 2.24) is 9.97 Å². The number of rotatable bonds is 4. The van der Waals surface area contributed by atoms with E-state index in [9.17, 15) is 0 Å². The second-order valence-corrected chi connectivity index (χ2v) is 6.02. The molecule has 0 amide bonds. The molecule has 0 aliphatic rings. The van der Waals surface area contributed by atoms with Crippen molar-refractivity contribution in [3.05, 3.63) is 53.7 Å². The Kier molecular flexibility index (Phi) is 4.18. The number of thiazole rings is 1. The predicted molar refractivity (Wildman–Crippen MR) is 89.9 cm³/mol. The van der Waals surface area contributed by atoms with Gasteiger partial charge in [0.15, 0.2) is 0 Å². The lowest BCUT2D eigenvalue weighted by atomic mass is 10.1. The fraction of sp³-hybridized carbons (Fsp3) is 0.176. The van der Waals surface area contributed by atoms with E-state index in [1.807, 2.05) is 43.3 Å². The fourth-order valence-electron chi connectivity index (χ4n) is 2.24. The van der Waals surface area contributed by atoms with Crippen LogP contribution in [0.4, 0.5) is 0 Å². The third kappa shape index (κ3) is 2.86. The molecule has 1 atom stereocenters. The molecule has 0 fully saturated rings. The maximum atomic E-state index is 6.14. The lowest BCUT2D eigenvalue weighted by molar-refractivity contribution is 0.415. The molecule has 5 heteroatoms. The molecule has 4 nitrogen and oxygen atoms in total. The summed E-state index contributed by atoms with van der Waals surface area (Å²) < 4.78 is 5.30. The first kappa shape index (κ1) is 14.7. The minimum Gasteiger partial charge on any atom is -0.497 e. The summed E-state index contributed by atoms with van der Waals surface area (Å²) >= 11 is 1.62. The normalized spacial score (nSPS) is 12.1. The molecular formula is C17H17N3OS. The van der Waals surface area contributed by atoms with Crippen LogP contribution in [0, 0.1) is 0 Å². The molecular weight excluding hydrogens is 294 g/mol. The number of nitrogens with two attached hydrogens (primary N) is 1. The summed E-state index contributed by atoms with van der Waals surface area (Å²) in [6.07, 6.45) is 3.54. The summed E-state index contributed by atoms with van der Waals surface area (Å²) in [5.41, 5.74) is 9.13. The topological polar surface area (TPSA) is 61.0 Å². The second-order valence-electron chi connectivity index (χ2n) is 4.99. The monoisotopic (exact) mass is 311 g/mol. The summed E-state index contributed by atoms with van der Waals surface area (Å²) in [5, 5.41) is 0.951. The van der Waals surface area contributed by atoms with Gasteiger partial charge in [-0.25, -0.2) is 4.98 Å². The lowest BCUT2D eigenvalue weighted by Crippen LogP contribution is -2.04. The van der Waals surface area contributed by atoms with Gasteiger partial charge >= 0.3 is 0 Å². The van der Waals surface area contributed by atoms with Gasteiger partial charge in [0.05, 0.1) is 12.8 Å². The van der Waals surface area contributed by atoms with Crippen LogP contribution in [0.1, 0.15) is 17.8 Å². The fourth-order valence-corrected chi connectivity index (χ4v) is 3.28. The molecule has 2 aromatic heterocycles. The highest BCUT2D eigenvalue weighted by Crippen LogP contribution is 2.37. The molecule has 2 heterocycles. The van der Waals surface area contributed by atoms with Crippen molar-refractivity contribution in [2.24, 2.45) is 5.73 Å². The van der Waals surface area contributed by atoms with Crippen molar-refractivity contribution in [3.63, 3.8) is 0 Å². The van der Waals surface area contributed by atoms with Crippen LogP contribution in [0.15, 0.2) is 48.8 Å². The molecule has 0 spiro atoms. The number of ether oxygens (including phenoxy) is 1. The third-order valence-corrected chi connectivity index (χ3v) is 4.64. The Morgan fingerprint density at radius 3 is 2.59 bits per heavy atom. The van der Waals surface area contributed by atoms with E-state index in [0.29, 0.717) is 0 Å². The first-order chi connectivity index (χ1) is 10.7. The van der Waals surface area contributed by atoms with Crippen LogP contribution >= 0.6 is 11.3 Å². The molecule has 1 aromatic carbocycles. The minimum absolute atomic E-state index is 0.0747. The summed E-state index contributed by atoms with van der Waals surface area (Å²) in [6.45, 7) is 1.98.